The van der Waals surface area contributed by atoms with Gasteiger partial charge in [0.15, 0.2) is 0 Å². The van der Waals surface area contributed by atoms with Crippen LogP contribution in [0, 0.1) is 0 Å². The minimum atomic E-state index is -3.27. The van der Waals surface area contributed by atoms with E-state index in [1.807, 2.05) is 6.07 Å². The molecule has 0 fully saturated rings. The van der Waals surface area contributed by atoms with Crippen molar-refractivity contribution in [3.8, 4) is 0 Å². The van der Waals surface area contributed by atoms with E-state index >= 15 is 0 Å². The summed E-state index contributed by atoms with van der Waals surface area (Å²) in [6.07, 6.45) is 0. The maximum Gasteiger partial charge on any atom is 0.200 e. The third-order valence-electron chi connectivity index (χ3n) is 2.83. The van der Waals surface area contributed by atoms with Crippen LogP contribution < -0.4 is 5.73 Å². The van der Waals surface area contributed by atoms with E-state index in [9.17, 15) is 8.42 Å². The molecular formula is C13H17NO2S2. The average Bonchev–Trinajstić information content (AvgIpc) is 2.59. The summed E-state index contributed by atoms with van der Waals surface area (Å²) in [6.45, 7) is 4.57. The Morgan fingerprint density at radius 2 is 2.06 bits per heavy atom. The fourth-order valence-corrected chi connectivity index (χ4v) is 4.38. The minimum Gasteiger partial charge on any atom is -0.326 e. The Labute approximate surface area is 112 Å². The molecule has 0 bridgehead atoms. The van der Waals surface area contributed by atoms with Gasteiger partial charge in [0.05, 0.1) is 4.90 Å². The molecule has 2 N–H and O–H groups in total. The van der Waals surface area contributed by atoms with Gasteiger partial charge in [0.25, 0.3) is 0 Å². The Balaban J connectivity index is 2.47. The zero-order valence-corrected chi connectivity index (χ0v) is 12.1. The van der Waals surface area contributed by atoms with Gasteiger partial charge in [-0.25, -0.2) is 8.42 Å². The molecule has 18 heavy (non-hydrogen) atoms. The van der Waals surface area contributed by atoms with E-state index in [4.69, 9.17) is 5.73 Å². The molecule has 5 heteroatoms. The Hall–Kier alpha value is -0.780. The Morgan fingerprint density at radius 1 is 1.33 bits per heavy atom. The van der Waals surface area contributed by atoms with Gasteiger partial charge in [-0.1, -0.05) is 26.0 Å². The van der Waals surface area contributed by atoms with Crippen LogP contribution in [0.2, 0.25) is 0 Å². The van der Waals surface area contributed by atoms with E-state index in [1.54, 1.807) is 23.9 Å². The Kier molecular flexibility index (Phi) is 3.84. The number of rotatable bonds is 4. The largest absolute Gasteiger partial charge is 0.326 e. The molecule has 3 nitrogen and oxygen atoms in total. The van der Waals surface area contributed by atoms with E-state index in [-0.39, 0.29) is 0 Å². The first-order valence-electron chi connectivity index (χ1n) is 5.85. The number of sulfone groups is 1. The molecule has 1 aliphatic rings. The minimum absolute atomic E-state index is 0.363. The third kappa shape index (κ3) is 2.48. The van der Waals surface area contributed by atoms with Crippen LogP contribution >= 0.6 is 11.8 Å². The predicted octanol–water partition coefficient (Wildman–Crippen LogP) is 2.42. The lowest BCUT2D eigenvalue weighted by Crippen LogP contribution is -2.03. The molecule has 2 rings (SSSR count). The molecule has 0 unspecified atom stereocenters. The van der Waals surface area contributed by atoms with Crippen molar-refractivity contribution < 1.29 is 8.42 Å². The van der Waals surface area contributed by atoms with Crippen molar-refractivity contribution in [3.05, 3.63) is 34.7 Å². The van der Waals surface area contributed by atoms with Crippen molar-refractivity contribution in [2.75, 3.05) is 5.75 Å². The molecule has 1 aromatic rings. The van der Waals surface area contributed by atoms with Gasteiger partial charge in [-0.2, -0.15) is 11.8 Å². The first-order valence-corrected chi connectivity index (χ1v) is 8.45. The number of fused-ring (bicyclic) bond motifs is 1. The quantitative estimate of drug-likeness (QED) is 0.922. The Morgan fingerprint density at radius 3 is 2.67 bits per heavy atom. The molecule has 0 saturated heterocycles. The molecule has 0 aliphatic carbocycles. The van der Waals surface area contributed by atoms with E-state index in [0.29, 0.717) is 22.4 Å². The lowest BCUT2D eigenvalue weighted by Gasteiger charge is -2.10. The number of thioether (sulfide) groups is 1. The molecule has 0 spiro atoms. The van der Waals surface area contributed by atoms with E-state index in [1.165, 1.54) is 5.41 Å². The van der Waals surface area contributed by atoms with Crippen LogP contribution in [-0.4, -0.2) is 19.4 Å². The van der Waals surface area contributed by atoms with Gasteiger partial charge in [-0.3, -0.25) is 0 Å². The summed E-state index contributed by atoms with van der Waals surface area (Å²) in [7, 11) is -3.27. The van der Waals surface area contributed by atoms with Crippen molar-refractivity contribution in [3.63, 3.8) is 0 Å². The predicted molar refractivity (Wildman–Crippen MR) is 77.1 cm³/mol. The number of benzene rings is 1. The smallest absolute Gasteiger partial charge is 0.200 e. The van der Waals surface area contributed by atoms with Gasteiger partial charge < -0.3 is 5.73 Å². The molecule has 0 aromatic heterocycles. The summed E-state index contributed by atoms with van der Waals surface area (Å²) >= 11 is 1.74. The van der Waals surface area contributed by atoms with Crippen molar-refractivity contribution in [1.82, 2.24) is 0 Å². The van der Waals surface area contributed by atoms with Crippen LogP contribution in [0.5, 0.6) is 0 Å². The molecule has 1 aromatic carbocycles. The molecule has 0 atom stereocenters. The fourth-order valence-electron chi connectivity index (χ4n) is 2.02. The zero-order valence-electron chi connectivity index (χ0n) is 10.5. The lowest BCUT2D eigenvalue weighted by atomic mass is 10.0. The number of hydrogen-bond donors (Lipinski definition) is 1. The maximum atomic E-state index is 12.0. The second-order valence-corrected chi connectivity index (χ2v) is 7.87. The van der Waals surface area contributed by atoms with Crippen molar-refractivity contribution in [2.24, 2.45) is 5.73 Å². The summed E-state index contributed by atoms with van der Waals surface area (Å²) in [6, 6.07) is 5.31. The molecule has 0 amide bonds. The van der Waals surface area contributed by atoms with Crippen LogP contribution in [0.25, 0.3) is 5.57 Å². The standard InChI is InChI=1S/C13H17NO2S2/c1-9(2)17-7-11-8-18(15,16)12-5-3-4-10(6-14)13(11)12/h3-5,8-9H,6-7,14H2,1-2H3. The van der Waals surface area contributed by atoms with E-state index in [2.05, 4.69) is 13.8 Å². The molecule has 1 aliphatic heterocycles. The van der Waals surface area contributed by atoms with Gasteiger partial charge >= 0.3 is 0 Å². The van der Waals surface area contributed by atoms with Gasteiger partial charge in [0.1, 0.15) is 0 Å². The molecule has 1 heterocycles. The summed E-state index contributed by atoms with van der Waals surface area (Å²) in [5.41, 5.74) is 8.31. The van der Waals surface area contributed by atoms with Crippen LogP contribution in [-0.2, 0) is 16.4 Å². The fraction of sp³-hybridized carbons (Fsp3) is 0.385. The molecule has 98 valence electrons. The molecule has 0 radical (unpaired) electrons. The second kappa shape index (κ2) is 5.07. The summed E-state index contributed by atoms with van der Waals surface area (Å²) in [5.74, 6) is 0.709. The zero-order chi connectivity index (χ0) is 13.3. The Bertz CT molecular complexity index is 589. The monoisotopic (exact) mass is 283 g/mol. The maximum absolute atomic E-state index is 12.0. The summed E-state index contributed by atoms with van der Waals surface area (Å²) in [5, 5.41) is 1.87. The highest BCUT2D eigenvalue weighted by atomic mass is 32.2. The number of hydrogen-bond acceptors (Lipinski definition) is 4. The van der Waals surface area contributed by atoms with Gasteiger partial charge in [0, 0.05) is 23.3 Å². The number of nitrogens with two attached hydrogens (primary N) is 1. The second-order valence-electron chi connectivity index (χ2n) is 4.54. The van der Waals surface area contributed by atoms with Crippen molar-refractivity contribution in [2.45, 2.75) is 30.5 Å². The van der Waals surface area contributed by atoms with Crippen molar-refractivity contribution >= 4 is 27.2 Å². The molecule has 0 saturated carbocycles. The average molecular weight is 283 g/mol. The normalized spacial score (nSPS) is 16.8. The highest BCUT2D eigenvalue weighted by Gasteiger charge is 2.28. The van der Waals surface area contributed by atoms with Crippen LogP contribution in [0.3, 0.4) is 0 Å². The third-order valence-corrected chi connectivity index (χ3v) is 5.52. The van der Waals surface area contributed by atoms with Gasteiger partial charge in [0.2, 0.25) is 9.84 Å². The van der Waals surface area contributed by atoms with Gasteiger partial charge in [-0.15, -0.1) is 0 Å². The first-order chi connectivity index (χ1) is 8.45. The van der Waals surface area contributed by atoms with E-state index in [0.717, 1.165) is 16.7 Å². The topological polar surface area (TPSA) is 60.2 Å². The lowest BCUT2D eigenvalue weighted by molar-refractivity contribution is 0.605. The summed E-state index contributed by atoms with van der Waals surface area (Å²) < 4.78 is 24.1. The SMILES string of the molecule is CC(C)SCC1=CS(=O)(=O)c2cccc(CN)c21. The summed E-state index contributed by atoms with van der Waals surface area (Å²) in [4.78, 5) is 0.407. The first kappa shape index (κ1) is 13.6. The van der Waals surface area contributed by atoms with E-state index < -0.39 is 9.84 Å². The molecular weight excluding hydrogens is 266 g/mol. The van der Waals surface area contributed by atoms with Gasteiger partial charge in [-0.05, 0) is 22.5 Å². The highest BCUT2D eigenvalue weighted by molar-refractivity contribution is 8.00. The van der Waals surface area contributed by atoms with Crippen LogP contribution in [0.4, 0.5) is 0 Å². The van der Waals surface area contributed by atoms with Crippen LogP contribution in [0.1, 0.15) is 25.0 Å². The van der Waals surface area contributed by atoms with Crippen LogP contribution in [0.15, 0.2) is 28.5 Å². The van der Waals surface area contributed by atoms with Crippen molar-refractivity contribution in [1.29, 1.82) is 0 Å². The highest BCUT2D eigenvalue weighted by Crippen LogP contribution is 2.37.